The number of hydrogen-bond donors (Lipinski definition) is 1. The lowest BCUT2D eigenvalue weighted by Gasteiger charge is -2.33. The number of carbonyl (C=O) groups excluding carboxylic acids is 1. The van der Waals surface area contributed by atoms with Gasteiger partial charge in [0.05, 0.1) is 19.1 Å². The second-order valence-electron chi connectivity index (χ2n) is 5.79. The highest BCUT2D eigenvalue weighted by molar-refractivity contribution is 5.72. The first-order valence-electron chi connectivity index (χ1n) is 7.50. The number of methoxy groups -OCH3 is 1. The number of hydrogen-bond acceptors (Lipinski definition) is 4. The van der Waals surface area contributed by atoms with Crippen LogP contribution in [0.1, 0.15) is 46.5 Å². The Morgan fingerprint density at radius 1 is 1.37 bits per heavy atom. The smallest absolute Gasteiger partial charge is 0.308 e. The van der Waals surface area contributed by atoms with E-state index in [0.717, 1.165) is 32.3 Å². The fraction of sp³-hybridized carbons (Fsp3) is 0.933. The molecule has 0 aromatic rings. The van der Waals surface area contributed by atoms with Crippen LogP contribution >= 0.6 is 0 Å². The van der Waals surface area contributed by atoms with Crippen LogP contribution in [-0.2, 0) is 14.3 Å². The van der Waals surface area contributed by atoms with Crippen molar-refractivity contribution in [2.75, 3.05) is 20.3 Å². The van der Waals surface area contributed by atoms with E-state index >= 15 is 0 Å². The van der Waals surface area contributed by atoms with Crippen molar-refractivity contribution in [3.05, 3.63) is 0 Å². The van der Waals surface area contributed by atoms with Crippen LogP contribution in [0, 0.1) is 11.8 Å². The molecule has 0 spiro atoms. The summed E-state index contributed by atoms with van der Waals surface area (Å²) in [6, 6.07) is 0.765. The van der Waals surface area contributed by atoms with Gasteiger partial charge in [-0.3, -0.25) is 4.79 Å². The summed E-state index contributed by atoms with van der Waals surface area (Å²) in [5.41, 5.74) is 0. The summed E-state index contributed by atoms with van der Waals surface area (Å²) in [4.78, 5) is 11.8. The SMILES string of the molecule is CCOC(=O)C1CCCC(NC(COC)C(C)C)C1. The van der Waals surface area contributed by atoms with Crippen molar-refractivity contribution in [2.45, 2.75) is 58.5 Å². The third kappa shape index (κ3) is 5.49. The number of rotatable bonds is 7. The maximum atomic E-state index is 11.8. The van der Waals surface area contributed by atoms with Gasteiger partial charge < -0.3 is 14.8 Å². The van der Waals surface area contributed by atoms with Gasteiger partial charge >= 0.3 is 5.97 Å². The normalized spacial score (nSPS) is 25.3. The van der Waals surface area contributed by atoms with Gasteiger partial charge in [0.1, 0.15) is 0 Å². The van der Waals surface area contributed by atoms with E-state index in [1.165, 1.54) is 0 Å². The molecule has 0 amide bonds. The summed E-state index contributed by atoms with van der Waals surface area (Å²) in [5.74, 6) is 0.575. The molecule has 0 aliphatic heterocycles. The predicted octanol–water partition coefficient (Wildman–Crippen LogP) is 2.37. The van der Waals surface area contributed by atoms with Crippen LogP contribution in [0.25, 0.3) is 0 Å². The topological polar surface area (TPSA) is 47.6 Å². The average Bonchev–Trinajstić information content (AvgIpc) is 2.39. The van der Waals surface area contributed by atoms with E-state index in [-0.39, 0.29) is 11.9 Å². The van der Waals surface area contributed by atoms with Gasteiger partial charge in [0.25, 0.3) is 0 Å². The van der Waals surface area contributed by atoms with Crippen LogP contribution in [0.5, 0.6) is 0 Å². The molecular formula is C15H29NO3. The standard InChI is InChI=1S/C15H29NO3/c1-5-19-15(17)12-7-6-8-13(9-12)16-14(10-18-4)11(2)3/h11-14,16H,5-10H2,1-4H3. The number of carbonyl (C=O) groups is 1. The lowest BCUT2D eigenvalue weighted by Crippen LogP contribution is -2.46. The van der Waals surface area contributed by atoms with Crippen LogP contribution in [0.15, 0.2) is 0 Å². The van der Waals surface area contributed by atoms with E-state index in [9.17, 15) is 4.79 Å². The van der Waals surface area contributed by atoms with Crippen molar-refractivity contribution in [2.24, 2.45) is 11.8 Å². The van der Waals surface area contributed by atoms with Crippen molar-refractivity contribution < 1.29 is 14.3 Å². The van der Waals surface area contributed by atoms with Gasteiger partial charge in [-0.05, 0) is 32.1 Å². The first kappa shape index (κ1) is 16.4. The summed E-state index contributed by atoms with van der Waals surface area (Å²) < 4.78 is 10.4. The number of esters is 1. The van der Waals surface area contributed by atoms with Crippen LogP contribution in [0.2, 0.25) is 0 Å². The van der Waals surface area contributed by atoms with Crippen molar-refractivity contribution in [3.8, 4) is 0 Å². The summed E-state index contributed by atoms with van der Waals surface area (Å²) in [6.07, 6.45) is 4.10. The maximum Gasteiger partial charge on any atom is 0.308 e. The quantitative estimate of drug-likeness (QED) is 0.722. The minimum Gasteiger partial charge on any atom is -0.466 e. The summed E-state index contributed by atoms with van der Waals surface area (Å²) in [6.45, 7) is 7.46. The molecule has 0 saturated heterocycles. The van der Waals surface area contributed by atoms with Crippen LogP contribution in [0.3, 0.4) is 0 Å². The molecule has 1 rings (SSSR count). The predicted molar refractivity (Wildman–Crippen MR) is 76.0 cm³/mol. The molecule has 0 radical (unpaired) electrons. The highest BCUT2D eigenvalue weighted by atomic mass is 16.5. The molecule has 0 aromatic carbocycles. The molecule has 1 aliphatic rings. The van der Waals surface area contributed by atoms with Crippen LogP contribution in [-0.4, -0.2) is 38.4 Å². The summed E-state index contributed by atoms with van der Waals surface area (Å²) >= 11 is 0. The van der Waals surface area contributed by atoms with E-state index in [1.54, 1.807) is 7.11 Å². The Morgan fingerprint density at radius 3 is 2.68 bits per heavy atom. The molecule has 0 bridgehead atoms. The Bertz CT molecular complexity index is 268. The van der Waals surface area contributed by atoms with Crippen molar-refractivity contribution in [1.29, 1.82) is 0 Å². The number of nitrogens with one attached hydrogen (secondary N) is 1. The summed E-state index contributed by atoms with van der Waals surface area (Å²) in [5, 5.41) is 3.65. The Kier molecular flexibility index (Phi) is 7.39. The zero-order valence-corrected chi connectivity index (χ0v) is 12.8. The van der Waals surface area contributed by atoms with Crippen LogP contribution in [0.4, 0.5) is 0 Å². The third-order valence-corrected chi connectivity index (χ3v) is 3.89. The van der Waals surface area contributed by atoms with Gasteiger partial charge in [-0.15, -0.1) is 0 Å². The van der Waals surface area contributed by atoms with E-state index < -0.39 is 0 Å². The Morgan fingerprint density at radius 2 is 2.11 bits per heavy atom. The Labute approximate surface area is 117 Å². The highest BCUT2D eigenvalue weighted by Gasteiger charge is 2.29. The fourth-order valence-corrected chi connectivity index (χ4v) is 2.73. The zero-order valence-electron chi connectivity index (χ0n) is 12.8. The average molecular weight is 271 g/mol. The maximum absolute atomic E-state index is 11.8. The monoisotopic (exact) mass is 271 g/mol. The lowest BCUT2D eigenvalue weighted by molar-refractivity contribution is -0.149. The van der Waals surface area contributed by atoms with Crippen molar-refractivity contribution >= 4 is 5.97 Å². The molecule has 112 valence electrons. The molecule has 19 heavy (non-hydrogen) atoms. The molecule has 4 heteroatoms. The third-order valence-electron chi connectivity index (χ3n) is 3.89. The van der Waals surface area contributed by atoms with Gasteiger partial charge in [0.15, 0.2) is 0 Å². The summed E-state index contributed by atoms with van der Waals surface area (Å²) in [7, 11) is 1.74. The lowest BCUT2D eigenvalue weighted by atomic mass is 9.85. The molecule has 0 aromatic heterocycles. The second-order valence-corrected chi connectivity index (χ2v) is 5.79. The molecule has 0 heterocycles. The molecular weight excluding hydrogens is 242 g/mol. The first-order valence-corrected chi connectivity index (χ1v) is 7.50. The fourth-order valence-electron chi connectivity index (χ4n) is 2.73. The minimum absolute atomic E-state index is 0.0261. The molecule has 4 nitrogen and oxygen atoms in total. The molecule has 1 aliphatic carbocycles. The molecule has 3 atom stereocenters. The molecule has 3 unspecified atom stereocenters. The van der Waals surface area contributed by atoms with Gasteiger partial charge in [-0.2, -0.15) is 0 Å². The van der Waals surface area contributed by atoms with Crippen molar-refractivity contribution in [3.63, 3.8) is 0 Å². The first-order chi connectivity index (χ1) is 9.08. The number of ether oxygens (including phenoxy) is 2. The largest absolute Gasteiger partial charge is 0.466 e. The van der Waals surface area contributed by atoms with Crippen LogP contribution < -0.4 is 5.32 Å². The van der Waals surface area contributed by atoms with E-state index in [4.69, 9.17) is 9.47 Å². The van der Waals surface area contributed by atoms with E-state index in [0.29, 0.717) is 24.6 Å². The zero-order chi connectivity index (χ0) is 14.3. The Balaban J connectivity index is 2.47. The minimum atomic E-state index is -0.0261. The van der Waals surface area contributed by atoms with E-state index in [1.807, 2.05) is 6.92 Å². The van der Waals surface area contributed by atoms with Gasteiger partial charge in [-0.1, -0.05) is 20.3 Å². The van der Waals surface area contributed by atoms with Gasteiger partial charge in [0, 0.05) is 19.2 Å². The van der Waals surface area contributed by atoms with Gasteiger partial charge in [-0.25, -0.2) is 0 Å². The molecule has 1 N–H and O–H groups in total. The van der Waals surface area contributed by atoms with E-state index in [2.05, 4.69) is 19.2 Å². The second kappa shape index (κ2) is 8.54. The van der Waals surface area contributed by atoms with Crippen molar-refractivity contribution in [1.82, 2.24) is 5.32 Å². The molecule has 1 saturated carbocycles. The Hall–Kier alpha value is -0.610. The van der Waals surface area contributed by atoms with Gasteiger partial charge in [0.2, 0.25) is 0 Å². The molecule has 1 fully saturated rings. The highest BCUT2D eigenvalue weighted by Crippen LogP contribution is 2.26.